The third-order valence-corrected chi connectivity index (χ3v) is 3.72. The first-order valence-corrected chi connectivity index (χ1v) is 6.48. The molecule has 2 N–H and O–H groups in total. The van der Waals surface area contributed by atoms with Gasteiger partial charge < -0.3 is 15.2 Å². The number of benzene rings is 1. The van der Waals surface area contributed by atoms with Gasteiger partial charge in [-0.15, -0.1) is 0 Å². The van der Waals surface area contributed by atoms with Gasteiger partial charge >= 0.3 is 0 Å². The Hall–Kier alpha value is -1.06. The van der Waals surface area contributed by atoms with E-state index in [1.54, 1.807) is 0 Å². The van der Waals surface area contributed by atoms with E-state index < -0.39 is 0 Å². The second-order valence-electron chi connectivity index (χ2n) is 4.86. The second kappa shape index (κ2) is 4.67. The van der Waals surface area contributed by atoms with Crippen LogP contribution in [0, 0.1) is 0 Å². The van der Waals surface area contributed by atoms with E-state index >= 15 is 0 Å². The molecule has 1 fully saturated rings. The normalized spacial score (nSPS) is 25.1. The van der Waals surface area contributed by atoms with Gasteiger partial charge in [0.25, 0.3) is 0 Å². The zero-order chi connectivity index (χ0) is 11.7. The zero-order valence-corrected chi connectivity index (χ0v) is 10.0. The van der Waals surface area contributed by atoms with Crippen molar-refractivity contribution in [3.05, 3.63) is 29.3 Å². The molecule has 92 valence electrons. The molecule has 2 aliphatic heterocycles. The van der Waals surface area contributed by atoms with Crippen LogP contribution in [0.3, 0.4) is 0 Å². The number of fused-ring (bicyclic) bond motifs is 1. The monoisotopic (exact) mass is 233 g/mol. The summed E-state index contributed by atoms with van der Waals surface area (Å²) < 4.78 is 11.5. The summed E-state index contributed by atoms with van der Waals surface area (Å²) in [6.45, 7) is 1.62. The quantitative estimate of drug-likeness (QED) is 0.851. The first kappa shape index (κ1) is 11.1. The Morgan fingerprint density at radius 2 is 2.18 bits per heavy atom. The molecule has 0 bridgehead atoms. The molecule has 1 saturated heterocycles. The van der Waals surface area contributed by atoms with Crippen LogP contribution in [-0.2, 0) is 11.2 Å². The average molecular weight is 233 g/mol. The van der Waals surface area contributed by atoms with Crippen LogP contribution < -0.4 is 10.5 Å². The van der Waals surface area contributed by atoms with Crippen LogP contribution in [0.15, 0.2) is 18.2 Å². The third-order valence-electron chi connectivity index (χ3n) is 3.72. The highest BCUT2D eigenvalue weighted by molar-refractivity contribution is 5.45. The molecule has 17 heavy (non-hydrogen) atoms. The molecule has 1 aromatic carbocycles. The molecule has 3 heteroatoms. The van der Waals surface area contributed by atoms with Gasteiger partial charge in [-0.05, 0) is 24.8 Å². The minimum absolute atomic E-state index is 0.0525. The van der Waals surface area contributed by atoms with E-state index in [2.05, 4.69) is 18.2 Å². The summed E-state index contributed by atoms with van der Waals surface area (Å²) in [7, 11) is 0. The predicted octanol–water partition coefficient (Wildman–Crippen LogP) is 2.19. The lowest BCUT2D eigenvalue weighted by Gasteiger charge is -2.28. The van der Waals surface area contributed by atoms with Gasteiger partial charge in [0, 0.05) is 18.6 Å². The van der Waals surface area contributed by atoms with Gasteiger partial charge in [-0.25, -0.2) is 0 Å². The summed E-state index contributed by atoms with van der Waals surface area (Å²) in [6.07, 6.45) is 4.59. The summed E-state index contributed by atoms with van der Waals surface area (Å²) in [5, 5.41) is 0. The highest BCUT2D eigenvalue weighted by Crippen LogP contribution is 2.35. The molecule has 2 heterocycles. The van der Waals surface area contributed by atoms with Crippen molar-refractivity contribution in [3.8, 4) is 5.75 Å². The first-order chi connectivity index (χ1) is 8.36. The highest BCUT2D eigenvalue weighted by Gasteiger charge is 2.27. The Morgan fingerprint density at radius 1 is 1.24 bits per heavy atom. The molecule has 2 atom stereocenters. The molecule has 1 aromatic rings. The van der Waals surface area contributed by atoms with Crippen molar-refractivity contribution >= 4 is 0 Å². The molecule has 2 aliphatic rings. The third kappa shape index (κ3) is 2.05. The lowest BCUT2D eigenvalue weighted by molar-refractivity contribution is -0.000392. The van der Waals surface area contributed by atoms with Gasteiger partial charge in [0.1, 0.15) is 5.75 Å². The number of hydrogen-bond acceptors (Lipinski definition) is 3. The molecular formula is C14H19NO2. The highest BCUT2D eigenvalue weighted by atomic mass is 16.5. The molecule has 3 nitrogen and oxygen atoms in total. The fourth-order valence-electron chi connectivity index (χ4n) is 2.75. The van der Waals surface area contributed by atoms with E-state index in [0.29, 0.717) is 0 Å². The van der Waals surface area contributed by atoms with Crippen molar-refractivity contribution < 1.29 is 9.47 Å². The molecule has 0 saturated carbocycles. The van der Waals surface area contributed by atoms with Crippen LogP contribution in [0.1, 0.15) is 36.4 Å². The second-order valence-corrected chi connectivity index (χ2v) is 4.86. The summed E-state index contributed by atoms with van der Waals surface area (Å²) in [5.74, 6) is 1.01. The SMILES string of the molecule is NC(c1cccc2c1OCC2)C1CCCCO1. The maximum atomic E-state index is 6.34. The van der Waals surface area contributed by atoms with E-state index in [1.807, 2.05) is 0 Å². The van der Waals surface area contributed by atoms with Crippen molar-refractivity contribution in [2.24, 2.45) is 5.73 Å². The van der Waals surface area contributed by atoms with Crippen LogP contribution in [0.5, 0.6) is 5.75 Å². The van der Waals surface area contributed by atoms with Crippen LogP contribution in [-0.4, -0.2) is 19.3 Å². The van der Waals surface area contributed by atoms with Gasteiger partial charge in [-0.1, -0.05) is 18.2 Å². The molecule has 0 aromatic heterocycles. The standard InChI is InChI=1S/C14H19NO2/c15-13(12-6-1-2-8-16-12)11-5-3-4-10-7-9-17-14(10)11/h3-5,12-13H,1-2,6-9,15H2. The molecule has 0 radical (unpaired) electrons. The topological polar surface area (TPSA) is 44.5 Å². The van der Waals surface area contributed by atoms with Crippen LogP contribution >= 0.6 is 0 Å². The maximum Gasteiger partial charge on any atom is 0.127 e. The van der Waals surface area contributed by atoms with Crippen molar-refractivity contribution in [1.82, 2.24) is 0 Å². The Morgan fingerprint density at radius 3 is 3.00 bits per heavy atom. The maximum absolute atomic E-state index is 6.34. The van der Waals surface area contributed by atoms with Crippen LogP contribution in [0.4, 0.5) is 0 Å². The lowest BCUT2D eigenvalue weighted by Crippen LogP contribution is -2.32. The summed E-state index contributed by atoms with van der Waals surface area (Å²) in [6, 6.07) is 6.22. The summed E-state index contributed by atoms with van der Waals surface area (Å²) >= 11 is 0. The van der Waals surface area contributed by atoms with Crippen molar-refractivity contribution in [1.29, 1.82) is 0 Å². The van der Waals surface area contributed by atoms with Gasteiger partial charge in [0.05, 0.1) is 18.8 Å². The Bertz CT molecular complexity index is 399. The zero-order valence-electron chi connectivity index (χ0n) is 10.0. The number of rotatable bonds is 2. The van der Waals surface area contributed by atoms with E-state index in [4.69, 9.17) is 15.2 Å². The molecule has 3 rings (SSSR count). The predicted molar refractivity (Wildman–Crippen MR) is 66.2 cm³/mol. The number of nitrogens with two attached hydrogens (primary N) is 1. The van der Waals surface area contributed by atoms with E-state index in [0.717, 1.165) is 43.8 Å². The van der Waals surface area contributed by atoms with Gasteiger partial charge in [0.2, 0.25) is 0 Å². The fraction of sp³-hybridized carbons (Fsp3) is 0.571. The van der Waals surface area contributed by atoms with Gasteiger partial charge in [-0.3, -0.25) is 0 Å². The van der Waals surface area contributed by atoms with Gasteiger partial charge in [0.15, 0.2) is 0 Å². The minimum Gasteiger partial charge on any atom is -0.493 e. The largest absolute Gasteiger partial charge is 0.493 e. The molecule has 0 amide bonds. The summed E-state index contributed by atoms with van der Waals surface area (Å²) in [5.41, 5.74) is 8.74. The van der Waals surface area contributed by atoms with E-state index in [-0.39, 0.29) is 12.1 Å². The number of ether oxygens (including phenoxy) is 2. The van der Waals surface area contributed by atoms with Crippen molar-refractivity contribution in [2.75, 3.05) is 13.2 Å². The fourth-order valence-corrected chi connectivity index (χ4v) is 2.75. The number of hydrogen-bond donors (Lipinski definition) is 1. The molecule has 2 unspecified atom stereocenters. The molecular weight excluding hydrogens is 214 g/mol. The summed E-state index contributed by atoms with van der Waals surface area (Å²) in [4.78, 5) is 0. The lowest BCUT2D eigenvalue weighted by atomic mass is 9.94. The Balaban J connectivity index is 1.85. The van der Waals surface area contributed by atoms with E-state index in [9.17, 15) is 0 Å². The minimum atomic E-state index is -0.0525. The van der Waals surface area contributed by atoms with Crippen molar-refractivity contribution in [3.63, 3.8) is 0 Å². The van der Waals surface area contributed by atoms with E-state index in [1.165, 1.54) is 12.0 Å². The number of para-hydroxylation sites is 1. The molecule has 0 aliphatic carbocycles. The van der Waals surface area contributed by atoms with Crippen molar-refractivity contribution in [2.45, 2.75) is 37.8 Å². The first-order valence-electron chi connectivity index (χ1n) is 6.48. The van der Waals surface area contributed by atoms with Crippen LogP contribution in [0.25, 0.3) is 0 Å². The van der Waals surface area contributed by atoms with Gasteiger partial charge in [-0.2, -0.15) is 0 Å². The molecule has 0 spiro atoms. The Kier molecular flexibility index (Phi) is 3.04. The smallest absolute Gasteiger partial charge is 0.127 e. The Labute approximate surface area is 102 Å². The average Bonchev–Trinajstić information content (AvgIpc) is 2.87. The van der Waals surface area contributed by atoms with Crippen LogP contribution in [0.2, 0.25) is 0 Å².